The first-order chi connectivity index (χ1) is 7.83. The third kappa shape index (κ3) is 2.42. The van der Waals surface area contributed by atoms with E-state index in [4.69, 9.17) is 0 Å². The van der Waals surface area contributed by atoms with Crippen LogP contribution in [0.15, 0.2) is 29.2 Å². The minimum Gasteiger partial charge on any atom is -0.299 e. The highest BCUT2D eigenvalue weighted by Gasteiger charge is 2.25. The summed E-state index contributed by atoms with van der Waals surface area (Å²) in [4.78, 5) is 1.42. The fourth-order valence-corrected chi connectivity index (χ4v) is 3.22. The zero-order valence-corrected chi connectivity index (χ0v) is 10.6. The summed E-state index contributed by atoms with van der Waals surface area (Å²) in [6, 6.07) is 9.14. The van der Waals surface area contributed by atoms with Gasteiger partial charge in [-0.3, -0.25) is 5.32 Å². The lowest BCUT2D eigenvalue weighted by atomic mass is 9.95. The molecule has 0 amide bonds. The Bertz CT molecular complexity index is 416. The quantitative estimate of drug-likeness (QED) is 0.785. The second-order valence-corrected chi connectivity index (χ2v) is 5.17. The van der Waals surface area contributed by atoms with E-state index in [0.29, 0.717) is 12.0 Å². The highest BCUT2D eigenvalue weighted by molar-refractivity contribution is 7.99. The summed E-state index contributed by atoms with van der Waals surface area (Å²) in [6.45, 7) is 4.97. The molecule has 1 aromatic rings. The Kier molecular flexibility index (Phi) is 3.93. The van der Waals surface area contributed by atoms with Gasteiger partial charge in [0.15, 0.2) is 0 Å². The fraction of sp³-hybridized carbons (Fsp3) is 0.429. The Labute approximate surface area is 102 Å². The van der Waals surface area contributed by atoms with Gasteiger partial charge in [-0.25, -0.2) is 0 Å². The first kappa shape index (κ1) is 11.6. The molecule has 0 spiro atoms. The van der Waals surface area contributed by atoms with Gasteiger partial charge in [-0.2, -0.15) is 0 Å². The standard InChI is InChI=1S/C14H17NS/c1-3-4-9-15-14-11(2)10-16-13-8-6-5-7-12(13)14/h5-8,11,14-15H,9-10H2,1-2H3. The lowest BCUT2D eigenvalue weighted by Crippen LogP contribution is -2.31. The van der Waals surface area contributed by atoms with Gasteiger partial charge >= 0.3 is 0 Å². The van der Waals surface area contributed by atoms with Crippen LogP contribution in [0.1, 0.15) is 25.5 Å². The van der Waals surface area contributed by atoms with Crippen LogP contribution in [0.5, 0.6) is 0 Å². The Morgan fingerprint density at radius 2 is 2.25 bits per heavy atom. The number of benzene rings is 1. The highest BCUT2D eigenvalue weighted by Crippen LogP contribution is 2.38. The fourth-order valence-electron chi connectivity index (χ4n) is 2.05. The number of rotatable bonds is 2. The van der Waals surface area contributed by atoms with Crippen molar-refractivity contribution in [1.29, 1.82) is 0 Å². The van der Waals surface area contributed by atoms with Crippen molar-refractivity contribution in [3.63, 3.8) is 0 Å². The van der Waals surface area contributed by atoms with E-state index in [9.17, 15) is 0 Å². The summed E-state index contributed by atoms with van der Waals surface area (Å²) in [5, 5.41) is 3.54. The molecule has 1 aromatic carbocycles. The van der Waals surface area contributed by atoms with Gasteiger partial charge in [-0.05, 0) is 24.5 Å². The topological polar surface area (TPSA) is 12.0 Å². The maximum atomic E-state index is 3.54. The van der Waals surface area contributed by atoms with E-state index in [1.54, 1.807) is 0 Å². The van der Waals surface area contributed by atoms with Crippen LogP contribution in [-0.4, -0.2) is 12.3 Å². The van der Waals surface area contributed by atoms with Crippen LogP contribution in [0.4, 0.5) is 0 Å². The van der Waals surface area contributed by atoms with Crippen LogP contribution in [0, 0.1) is 17.8 Å². The number of nitrogens with one attached hydrogen (secondary N) is 1. The Balaban J connectivity index is 2.18. The molecule has 2 heteroatoms. The van der Waals surface area contributed by atoms with E-state index in [-0.39, 0.29) is 0 Å². The van der Waals surface area contributed by atoms with Crippen molar-refractivity contribution >= 4 is 11.8 Å². The number of thioether (sulfide) groups is 1. The van der Waals surface area contributed by atoms with Crippen LogP contribution < -0.4 is 5.32 Å². The summed E-state index contributed by atoms with van der Waals surface area (Å²) < 4.78 is 0. The van der Waals surface area contributed by atoms with E-state index in [0.717, 1.165) is 6.54 Å². The van der Waals surface area contributed by atoms with Gasteiger partial charge in [-0.1, -0.05) is 31.0 Å². The summed E-state index contributed by atoms with van der Waals surface area (Å²) in [6.07, 6.45) is 0. The van der Waals surface area contributed by atoms with Crippen LogP contribution in [0.25, 0.3) is 0 Å². The maximum absolute atomic E-state index is 3.54. The maximum Gasteiger partial charge on any atom is 0.0581 e. The largest absolute Gasteiger partial charge is 0.299 e. The zero-order valence-electron chi connectivity index (χ0n) is 9.79. The van der Waals surface area contributed by atoms with Crippen LogP contribution in [-0.2, 0) is 0 Å². The predicted octanol–water partition coefficient (Wildman–Crippen LogP) is 3.08. The lowest BCUT2D eigenvalue weighted by molar-refractivity contribution is 0.425. The van der Waals surface area contributed by atoms with Crippen molar-refractivity contribution in [2.24, 2.45) is 5.92 Å². The van der Waals surface area contributed by atoms with Crippen molar-refractivity contribution in [3.05, 3.63) is 29.8 Å². The van der Waals surface area contributed by atoms with E-state index >= 15 is 0 Å². The van der Waals surface area contributed by atoms with Crippen molar-refractivity contribution in [1.82, 2.24) is 5.32 Å². The third-order valence-electron chi connectivity index (χ3n) is 2.91. The molecule has 2 atom stereocenters. The molecule has 16 heavy (non-hydrogen) atoms. The minimum absolute atomic E-state index is 0.457. The van der Waals surface area contributed by atoms with Gasteiger partial charge < -0.3 is 0 Å². The van der Waals surface area contributed by atoms with Crippen LogP contribution >= 0.6 is 11.8 Å². The molecule has 0 saturated carbocycles. The van der Waals surface area contributed by atoms with E-state index in [1.807, 2.05) is 18.7 Å². The molecule has 1 heterocycles. The molecule has 2 unspecified atom stereocenters. The Morgan fingerprint density at radius 3 is 3.06 bits per heavy atom. The zero-order chi connectivity index (χ0) is 11.4. The van der Waals surface area contributed by atoms with E-state index in [1.165, 1.54) is 16.2 Å². The van der Waals surface area contributed by atoms with Crippen LogP contribution in [0.2, 0.25) is 0 Å². The summed E-state index contributed by atoms with van der Waals surface area (Å²) in [5.74, 6) is 7.86. The number of hydrogen-bond acceptors (Lipinski definition) is 2. The second-order valence-electron chi connectivity index (χ2n) is 4.11. The minimum atomic E-state index is 0.457. The van der Waals surface area contributed by atoms with Crippen LogP contribution in [0.3, 0.4) is 0 Å². The first-order valence-corrected chi connectivity index (χ1v) is 6.66. The summed E-state index contributed by atoms with van der Waals surface area (Å²) >= 11 is 1.96. The molecular formula is C14H17NS. The van der Waals surface area contributed by atoms with Crippen molar-refractivity contribution in [2.75, 3.05) is 12.3 Å². The molecule has 0 aliphatic carbocycles. The SMILES string of the molecule is CC#CCNC1c2ccccc2SCC1C. The van der Waals surface area contributed by atoms with Gasteiger partial charge in [0.25, 0.3) is 0 Å². The highest BCUT2D eigenvalue weighted by atomic mass is 32.2. The smallest absolute Gasteiger partial charge is 0.0581 e. The summed E-state index contributed by atoms with van der Waals surface area (Å²) in [5.41, 5.74) is 1.43. The van der Waals surface area contributed by atoms with E-state index in [2.05, 4.69) is 48.3 Å². The molecule has 1 nitrogen and oxygen atoms in total. The Morgan fingerprint density at radius 1 is 1.44 bits per heavy atom. The molecule has 1 aliphatic heterocycles. The molecule has 0 bridgehead atoms. The average molecular weight is 231 g/mol. The third-order valence-corrected chi connectivity index (χ3v) is 4.29. The molecule has 1 aliphatic rings. The molecular weight excluding hydrogens is 214 g/mol. The molecule has 84 valence electrons. The molecule has 0 fully saturated rings. The van der Waals surface area contributed by atoms with Crippen molar-refractivity contribution < 1.29 is 0 Å². The number of fused-ring (bicyclic) bond motifs is 1. The van der Waals surface area contributed by atoms with Gasteiger partial charge in [0.05, 0.1) is 6.54 Å². The van der Waals surface area contributed by atoms with E-state index < -0.39 is 0 Å². The molecule has 0 saturated heterocycles. The molecule has 1 N–H and O–H groups in total. The molecule has 0 aromatic heterocycles. The first-order valence-electron chi connectivity index (χ1n) is 5.67. The van der Waals surface area contributed by atoms with Gasteiger partial charge in [0, 0.05) is 16.7 Å². The molecule has 0 radical (unpaired) electrons. The normalized spacial score (nSPS) is 23.1. The summed E-state index contributed by atoms with van der Waals surface area (Å²) in [7, 11) is 0. The van der Waals surface area contributed by atoms with Gasteiger partial charge in [0.1, 0.15) is 0 Å². The Hall–Kier alpha value is -0.910. The van der Waals surface area contributed by atoms with Crippen molar-refractivity contribution in [3.8, 4) is 11.8 Å². The van der Waals surface area contributed by atoms with Crippen molar-refractivity contribution in [2.45, 2.75) is 24.8 Å². The monoisotopic (exact) mass is 231 g/mol. The predicted molar refractivity (Wildman–Crippen MR) is 70.5 cm³/mol. The van der Waals surface area contributed by atoms with Gasteiger partial charge in [0.2, 0.25) is 0 Å². The average Bonchev–Trinajstić information content (AvgIpc) is 2.32. The lowest BCUT2D eigenvalue weighted by Gasteiger charge is -2.31. The second kappa shape index (κ2) is 5.43. The molecule has 2 rings (SSSR count). The van der Waals surface area contributed by atoms with Gasteiger partial charge in [-0.15, -0.1) is 17.7 Å². The number of hydrogen-bond donors (Lipinski definition) is 1.